The number of aromatic nitrogens is 1. The van der Waals surface area contributed by atoms with E-state index in [9.17, 15) is 4.79 Å². The Morgan fingerprint density at radius 2 is 2.47 bits per heavy atom. The quantitative estimate of drug-likeness (QED) is 0.815. The monoisotopic (exact) mass is 249 g/mol. The van der Waals surface area contributed by atoms with Crippen LogP contribution in [-0.2, 0) is 11.3 Å². The maximum atomic E-state index is 11.7. The van der Waals surface area contributed by atoms with Crippen molar-refractivity contribution in [1.82, 2.24) is 9.88 Å². The fourth-order valence-electron chi connectivity index (χ4n) is 2.05. The minimum absolute atomic E-state index is 0.214. The number of likely N-dealkylation sites (tertiary alicyclic amines) is 1. The predicted octanol–water partition coefficient (Wildman–Crippen LogP) is 1.08. The van der Waals surface area contributed by atoms with E-state index in [1.807, 2.05) is 17.0 Å². The summed E-state index contributed by atoms with van der Waals surface area (Å²) in [6.07, 6.45) is 2.32. The maximum absolute atomic E-state index is 11.7. The lowest BCUT2D eigenvalue weighted by atomic mass is 10.2. The van der Waals surface area contributed by atoms with E-state index >= 15 is 0 Å². The fraction of sp³-hybridized carbons (Fsp3) is 0.417. The van der Waals surface area contributed by atoms with Gasteiger partial charge in [-0.05, 0) is 23.6 Å². The number of hydrogen-bond acceptors (Lipinski definition) is 3. The largest absolute Gasteiger partial charge is 0.388 e. The van der Waals surface area contributed by atoms with Gasteiger partial charge >= 0.3 is 0 Å². The van der Waals surface area contributed by atoms with Crippen LogP contribution in [0.1, 0.15) is 24.6 Å². The molecule has 1 aliphatic heterocycles. The third-order valence-electron chi connectivity index (χ3n) is 2.86. The number of carbonyl (C=O) groups is 1. The highest BCUT2D eigenvalue weighted by Crippen LogP contribution is 2.19. The number of rotatable bonds is 3. The minimum Gasteiger partial charge on any atom is -0.388 e. The lowest BCUT2D eigenvalue weighted by Gasteiger charge is -2.16. The summed E-state index contributed by atoms with van der Waals surface area (Å²) in [6.45, 7) is 3.52. The fourth-order valence-corrected chi connectivity index (χ4v) is 2.16. The van der Waals surface area contributed by atoms with Crippen LogP contribution in [0.5, 0.6) is 0 Å². The molecule has 1 amide bonds. The van der Waals surface area contributed by atoms with E-state index in [-0.39, 0.29) is 10.9 Å². The first kappa shape index (κ1) is 12.0. The van der Waals surface area contributed by atoms with Crippen molar-refractivity contribution in [2.75, 3.05) is 6.54 Å². The maximum Gasteiger partial charge on any atom is 0.223 e. The van der Waals surface area contributed by atoms with Gasteiger partial charge in [0.25, 0.3) is 0 Å². The van der Waals surface area contributed by atoms with Crippen LogP contribution in [0, 0.1) is 5.92 Å². The number of nitrogens with zero attached hydrogens (tertiary/aromatic N) is 2. The molecule has 1 aromatic rings. The topological polar surface area (TPSA) is 59.2 Å². The van der Waals surface area contributed by atoms with Gasteiger partial charge in [0.15, 0.2) is 0 Å². The standard InChI is InChI=1S/C12H15N3OS/c1-8-4-11(16)15(6-8)7-9-2-3-14-10(5-9)12(13)17/h2-3,5,8H,4,6-7H2,1H3,(H2,13,17). The molecule has 2 N–H and O–H groups in total. The molecule has 0 aromatic carbocycles. The third-order valence-corrected chi connectivity index (χ3v) is 3.07. The Kier molecular flexibility index (Phi) is 3.38. The van der Waals surface area contributed by atoms with Gasteiger partial charge in [-0.3, -0.25) is 9.78 Å². The molecule has 1 saturated heterocycles. The summed E-state index contributed by atoms with van der Waals surface area (Å²) < 4.78 is 0. The molecule has 4 nitrogen and oxygen atoms in total. The van der Waals surface area contributed by atoms with Crippen molar-refractivity contribution in [3.63, 3.8) is 0 Å². The van der Waals surface area contributed by atoms with E-state index in [4.69, 9.17) is 18.0 Å². The van der Waals surface area contributed by atoms with E-state index in [1.165, 1.54) is 0 Å². The van der Waals surface area contributed by atoms with Gasteiger partial charge in [0.2, 0.25) is 5.91 Å². The van der Waals surface area contributed by atoms with E-state index < -0.39 is 0 Å². The van der Waals surface area contributed by atoms with E-state index in [0.717, 1.165) is 12.1 Å². The van der Waals surface area contributed by atoms with Crippen LogP contribution in [0.25, 0.3) is 0 Å². The summed E-state index contributed by atoms with van der Waals surface area (Å²) in [5.74, 6) is 0.658. The molecule has 1 aliphatic rings. The summed E-state index contributed by atoms with van der Waals surface area (Å²) >= 11 is 4.88. The molecule has 2 heterocycles. The van der Waals surface area contributed by atoms with Gasteiger partial charge in [0.1, 0.15) is 4.99 Å². The minimum atomic E-state index is 0.214. The van der Waals surface area contributed by atoms with Crippen LogP contribution in [0.15, 0.2) is 18.3 Å². The molecule has 0 spiro atoms. The molecule has 1 atom stereocenters. The second kappa shape index (κ2) is 4.79. The van der Waals surface area contributed by atoms with Crippen LogP contribution < -0.4 is 5.73 Å². The molecule has 1 unspecified atom stereocenters. The Morgan fingerprint density at radius 1 is 1.71 bits per heavy atom. The normalized spacial score (nSPS) is 19.7. The molecule has 1 fully saturated rings. The number of thiocarbonyl (C=S) groups is 1. The van der Waals surface area contributed by atoms with Crippen LogP contribution in [0.2, 0.25) is 0 Å². The van der Waals surface area contributed by atoms with E-state index in [2.05, 4.69) is 11.9 Å². The summed E-state index contributed by atoms with van der Waals surface area (Å²) in [6, 6.07) is 3.73. The highest BCUT2D eigenvalue weighted by Gasteiger charge is 2.26. The highest BCUT2D eigenvalue weighted by atomic mass is 32.1. The van der Waals surface area contributed by atoms with Crippen molar-refractivity contribution in [3.8, 4) is 0 Å². The smallest absolute Gasteiger partial charge is 0.223 e. The number of carbonyl (C=O) groups excluding carboxylic acids is 1. The second-order valence-electron chi connectivity index (χ2n) is 4.50. The molecular formula is C12H15N3OS. The van der Waals surface area contributed by atoms with Gasteiger partial charge in [-0.1, -0.05) is 19.1 Å². The molecule has 2 rings (SSSR count). The molecular weight excluding hydrogens is 234 g/mol. The van der Waals surface area contributed by atoms with Gasteiger partial charge < -0.3 is 10.6 Å². The summed E-state index contributed by atoms with van der Waals surface area (Å²) in [4.78, 5) is 17.9. The van der Waals surface area contributed by atoms with Crippen molar-refractivity contribution in [3.05, 3.63) is 29.6 Å². The van der Waals surface area contributed by atoms with E-state index in [1.54, 1.807) is 6.20 Å². The van der Waals surface area contributed by atoms with Gasteiger partial charge in [0.05, 0.1) is 5.69 Å². The zero-order chi connectivity index (χ0) is 12.4. The molecule has 0 radical (unpaired) electrons. The molecule has 0 bridgehead atoms. The first-order chi connectivity index (χ1) is 8.06. The van der Waals surface area contributed by atoms with Crippen LogP contribution in [0.4, 0.5) is 0 Å². The summed E-state index contributed by atoms with van der Waals surface area (Å²) in [5.41, 5.74) is 7.16. The summed E-state index contributed by atoms with van der Waals surface area (Å²) in [7, 11) is 0. The molecule has 0 saturated carbocycles. The van der Waals surface area contributed by atoms with Crippen molar-refractivity contribution in [1.29, 1.82) is 0 Å². The molecule has 5 heteroatoms. The molecule has 17 heavy (non-hydrogen) atoms. The predicted molar refractivity (Wildman–Crippen MR) is 69.3 cm³/mol. The average molecular weight is 249 g/mol. The zero-order valence-corrected chi connectivity index (χ0v) is 10.5. The number of pyridine rings is 1. The van der Waals surface area contributed by atoms with Crippen LogP contribution in [0.3, 0.4) is 0 Å². The number of nitrogens with two attached hydrogens (primary N) is 1. The molecule has 1 aromatic heterocycles. The Hall–Kier alpha value is -1.49. The zero-order valence-electron chi connectivity index (χ0n) is 9.72. The lowest BCUT2D eigenvalue weighted by Crippen LogP contribution is -2.24. The summed E-state index contributed by atoms with van der Waals surface area (Å²) in [5, 5.41) is 0. The molecule has 90 valence electrons. The van der Waals surface area contributed by atoms with Crippen LogP contribution >= 0.6 is 12.2 Å². The Balaban J connectivity index is 2.11. The van der Waals surface area contributed by atoms with Gasteiger partial charge in [-0.2, -0.15) is 0 Å². The number of hydrogen-bond donors (Lipinski definition) is 1. The Morgan fingerprint density at radius 3 is 3.06 bits per heavy atom. The van der Waals surface area contributed by atoms with Gasteiger partial charge in [-0.15, -0.1) is 0 Å². The Bertz CT molecular complexity index is 461. The third kappa shape index (κ3) is 2.79. The first-order valence-corrected chi connectivity index (χ1v) is 5.99. The number of amides is 1. The second-order valence-corrected chi connectivity index (χ2v) is 4.94. The van der Waals surface area contributed by atoms with Crippen molar-refractivity contribution >= 4 is 23.1 Å². The van der Waals surface area contributed by atoms with Crippen LogP contribution in [-0.4, -0.2) is 27.3 Å². The Labute approximate surface area is 106 Å². The SMILES string of the molecule is CC1CC(=O)N(Cc2ccnc(C(N)=S)c2)C1. The van der Waals surface area contributed by atoms with E-state index in [0.29, 0.717) is 24.6 Å². The average Bonchev–Trinajstić information content (AvgIpc) is 2.58. The van der Waals surface area contributed by atoms with Gasteiger partial charge in [-0.25, -0.2) is 0 Å². The highest BCUT2D eigenvalue weighted by molar-refractivity contribution is 7.80. The van der Waals surface area contributed by atoms with Crippen molar-refractivity contribution in [2.45, 2.75) is 19.9 Å². The molecule has 0 aliphatic carbocycles. The van der Waals surface area contributed by atoms with Crippen molar-refractivity contribution < 1.29 is 4.79 Å². The van der Waals surface area contributed by atoms with Crippen molar-refractivity contribution in [2.24, 2.45) is 11.7 Å². The van der Waals surface area contributed by atoms with Gasteiger partial charge in [0, 0.05) is 25.7 Å². The lowest BCUT2D eigenvalue weighted by molar-refractivity contribution is -0.128. The first-order valence-electron chi connectivity index (χ1n) is 5.59.